The number of Topliss-reactive ketones (excluding diaryl/α,β-unsaturated/α-hetero) is 1. The van der Waals surface area contributed by atoms with E-state index in [1.54, 1.807) is 38.1 Å². The second-order valence-corrected chi connectivity index (χ2v) is 7.03. The van der Waals surface area contributed by atoms with Crippen LogP contribution in [-0.4, -0.2) is 47.9 Å². The van der Waals surface area contributed by atoms with E-state index >= 15 is 0 Å². The highest BCUT2D eigenvalue weighted by atomic mass is 16.8. The maximum Gasteiger partial charge on any atom is 0.379 e. The first-order chi connectivity index (χ1) is 12.7. The molecular formula is C20H22O7. The van der Waals surface area contributed by atoms with Gasteiger partial charge in [-0.05, 0) is 19.4 Å². The number of cyclic esters (lactones) is 1. The summed E-state index contributed by atoms with van der Waals surface area (Å²) >= 11 is 0. The van der Waals surface area contributed by atoms with E-state index in [0.29, 0.717) is 5.56 Å². The van der Waals surface area contributed by atoms with E-state index in [1.807, 2.05) is 6.07 Å². The molecule has 2 aliphatic heterocycles. The summed E-state index contributed by atoms with van der Waals surface area (Å²) in [6.07, 6.45) is -0.459. The molecule has 2 saturated heterocycles. The Labute approximate surface area is 157 Å². The number of benzene rings is 1. The van der Waals surface area contributed by atoms with Crippen molar-refractivity contribution in [2.24, 2.45) is 0 Å². The van der Waals surface area contributed by atoms with Gasteiger partial charge in [0.1, 0.15) is 6.10 Å². The van der Waals surface area contributed by atoms with Gasteiger partial charge < -0.3 is 18.9 Å². The minimum Gasteiger partial charge on any atom is -0.449 e. The molecule has 0 radical (unpaired) electrons. The van der Waals surface area contributed by atoms with Crippen LogP contribution in [-0.2, 0) is 33.3 Å². The molecule has 1 aromatic carbocycles. The van der Waals surface area contributed by atoms with Crippen LogP contribution < -0.4 is 0 Å². The lowest BCUT2D eigenvalue weighted by Crippen LogP contribution is -2.57. The number of ether oxygens (including phenoxy) is 4. The van der Waals surface area contributed by atoms with E-state index in [9.17, 15) is 14.4 Å². The topological polar surface area (TPSA) is 88.1 Å². The molecule has 144 valence electrons. The third-order valence-electron chi connectivity index (χ3n) is 4.73. The molecule has 4 unspecified atom stereocenters. The molecule has 0 amide bonds. The van der Waals surface area contributed by atoms with Crippen LogP contribution in [0.3, 0.4) is 0 Å². The molecule has 2 heterocycles. The fraction of sp³-hybridized carbons (Fsp3) is 0.450. The fourth-order valence-electron chi connectivity index (χ4n) is 3.70. The second-order valence-electron chi connectivity index (χ2n) is 7.03. The normalized spacial score (nSPS) is 30.6. The summed E-state index contributed by atoms with van der Waals surface area (Å²) in [5.74, 6) is -4.45. The van der Waals surface area contributed by atoms with Crippen molar-refractivity contribution in [1.29, 1.82) is 0 Å². The minimum absolute atomic E-state index is 0.0832. The third-order valence-corrected chi connectivity index (χ3v) is 4.73. The van der Waals surface area contributed by atoms with E-state index in [2.05, 4.69) is 6.58 Å². The lowest BCUT2D eigenvalue weighted by atomic mass is 9.75. The highest BCUT2D eigenvalue weighted by Gasteiger charge is 2.67. The molecule has 0 N–H and O–H groups in total. The van der Waals surface area contributed by atoms with Gasteiger partial charge in [-0.1, -0.05) is 36.4 Å². The Bertz CT molecular complexity index is 770. The summed E-state index contributed by atoms with van der Waals surface area (Å²) in [4.78, 5) is 37.2. The highest BCUT2D eigenvalue weighted by Crippen LogP contribution is 2.45. The molecule has 7 nitrogen and oxygen atoms in total. The number of carbonyl (C=O) groups is 3. The first-order valence-corrected chi connectivity index (χ1v) is 8.65. The molecule has 1 aromatic rings. The lowest BCUT2D eigenvalue weighted by Gasteiger charge is -2.38. The molecule has 7 heteroatoms. The van der Waals surface area contributed by atoms with Gasteiger partial charge in [-0.25, -0.2) is 4.79 Å². The summed E-state index contributed by atoms with van der Waals surface area (Å²) in [7, 11) is 0. The van der Waals surface area contributed by atoms with Gasteiger partial charge in [0.05, 0.1) is 12.5 Å². The molecule has 0 aliphatic carbocycles. The molecule has 27 heavy (non-hydrogen) atoms. The van der Waals surface area contributed by atoms with Gasteiger partial charge >= 0.3 is 11.9 Å². The summed E-state index contributed by atoms with van der Waals surface area (Å²) in [5.41, 5.74) is -1.26. The predicted molar refractivity (Wildman–Crippen MR) is 93.7 cm³/mol. The first kappa shape index (κ1) is 19.3. The van der Waals surface area contributed by atoms with Crippen molar-refractivity contribution in [3.63, 3.8) is 0 Å². The molecule has 0 spiro atoms. The first-order valence-electron chi connectivity index (χ1n) is 8.65. The second kappa shape index (κ2) is 6.90. The average Bonchev–Trinajstić information content (AvgIpc) is 3.08. The smallest absolute Gasteiger partial charge is 0.379 e. The molecule has 4 atom stereocenters. The summed E-state index contributed by atoms with van der Waals surface area (Å²) < 4.78 is 22.3. The molecule has 0 bridgehead atoms. The Morgan fingerprint density at radius 1 is 1.30 bits per heavy atom. The average molecular weight is 374 g/mol. The van der Waals surface area contributed by atoms with Crippen LogP contribution in [0.2, 0.25) is 0 Å². The largest absolute Gasteiger partial charge is 0.449 e. The van der Waals surface area contributed by atoms with Gasteiger partial charge in [0.25, 0.3) is 5.78 Å². The Kier molecular flexibility index (Phi) is 4.92. The van der Waals surface area contributed by atoms with Gasteiger partial charge in [0.2, 0.25) is 5.60 Å². The van der Waals surface area contributed by atoms with Gasteiger partial charge in [0.15, 0.2) is 11.9 Å². The standard InChI is InChI=1S/C20H22O7/c1-5-14(13-9-7-6-8-10-13)20(26-12(2)21)16(22)18(23)25-17(20)15-11-24-19(3,4)27-15/h5-10,14-15,17H,1,11H2,2-4H3. The fourth-order valence-corrected chi connectivity index (χ4v) is 3.70. The van der Waals surface area contributed by atoms with Crippen LogP contribution in [0.1, 0.15) is 32.3 Å². The molecule has 0 aromatic heterocycles. The van der Waals surface area contributed by atoms with Crippen LogP contribution in [0.25, 0.3) is 0 Å². The van der Waals surface area contributed by atoms with E-state index in [1.165, 1.54) is 13.0 Å². The zero-order chi connectivity index (χ0) is 19.8. The molecule has 0 saturated carbocycles. The Balaban J connectivity index is 2.13. The summed E-state index contributed by atoms with van der Waals surface area (Å²) in [6, 6.07) is 8.90. The van der Waals surface area contributed by atoms with Crippen LogP contribution in [0.4, 0.5) is 0 Å². The van der Waals surface area contributed by atoms with Gasteiger partial charge in [-0.2, -0.15) is 0 Å². The van der Waals surface area contributed by atoms with Crippen LogP contribution in [0, 0.1) is 0 Å². The molecular weight excluding hydrogens is 352 g/mol. The summed E-state index contributed by atoms with van der Waals surface area (Å²) in [5, 5.41) is 0. The number of hydrogen-bond donors (Lipinski definition) is 0. The number of esters is 2. The SMILES string of the molecule is C=CC(c1ccccc1)C1(OC(C)=O)C(=O)C(=O)OC1C1COC(C)(C)O1. The highest BCUT2D eigenvalue weighted by molar-refractivity contribution is 6.39. The maximum atomic E-state index is 13.0. The number of rotatable bonds is 5. The van der Waals surface area contributed by atoms with E-state index < -0.39 is 47.2 Å². The van der Waals surface area contributed by atoms with Crippen LogP contribution in [0.5, 0.6) is 0 Å². The van der Waals surface area contributed by atoms with Crippen molar-refractivity contribution in [3.05, 3.63) is 48.6 Å². The van der Waals surface area contributed by atoms with E-state index in [0.717, 1.165) is 0 Å². The van der Waals surface area contributed by atoms with Crippen molar-refractivity contribution in [1.82, 2.24) is 0 Å². The maximum absolute atomic E-state index is 13.0. The van der Waals surface area contributed by atoms with Crippen molar-refractivity contribution in [3.8, 4) is 0 Å². The lowest BCUT2D eigenvalue weighted by molar-refractivity contribution is -0.190. The number of ketones is 1. The summed E-state index contributed by atoms with van der Waals surface area (Å²) in [6.45, 7) is 8.48. The Morgan fingerprint density at radius 2 is 1.96 bits per heavy atom. The van der Waals surface area contributed by atoms with Gasteiger partial charge in [0, 0.05) is 6.92 Å². The van der Waals surface area contributed by atoms with Crippen LogP contribution in [0.15, 0.2) is 43.0 Å². The minimum atomic E-state index is -1.92. The van der Waals surface area contributed by atoms with E-state index in [-0.39, 0.29) is 6.61 Å². The monoisotopic (exact) mass is 374 g/mol. The number of carbonyl (C=O) groups excluding carboxylic acids is 3. The third kappa shape index (κ3) is 3.28. The molecule has 2 fully saturated rings. The Morgan fingerprint density at radius 3 is 2.48 bits per heavy atom. The van der Waals surface area contributed by atoms with Gasteiger partial charge in [-0.3, -0.25) is 9.59 Å². The molecule has 2 aliphatic rings. The van der Waals surface area contributed by atoms with Crippen molar-refractivity contribution < 1.29 is 33.3 Å². The molecule has 3 rings (SSSR count). The quantitative estimate of drug-likeness (QED) is 0.442. The Hall–Kier alpha value is -2.51. The van der Waals surface area contributed by atoms with Crippen molar-refractivity contribution in [2.45, 2.75) is 50.3 Å². The van der Waals surface area contributed by atoms with Crippen molar-refractivity contribution in [2.75, 3.05) is 6.61 Å². The predicted octanol–water partition coefficient (Wildman–Crippen LogP) is 1.90. The van der Waals surface area contributed by atoms with Crippen molar-refractivity contribution >= 4 is 17.7 Å². The van der Waals surface area contributed by atoms with Crippen LogP contribution >= 0.6 is 0 Å². The number of hydrogen-bond acceptors (Lipinski definition) is 7. The zero-order valence-electron chi connectivity index (χ0n) is 15.5. The zero-order valence-corrected chi connectivity index (χ0v) is 15.5. The van der Waals surface area contributed by atoms with Gasteiger partial charge in [-0.15, -0.1) is 6.58 Å². The van der Waals surface area contributed by atoms with E-state index in [4.69, 9.17) is 18.9 Å².